The van der Waals surface area contributed by atoms with Crippen LogP contribution in [0.25, 0.3) is 11.1 Å². The number of nitrogens with zero attached hydrogens (tertiary/aromatic N) is 1. The summed E-state index contributed by atoms with van der Waals surface area (Å²) in [5.74, 6) is -0.0380. The monoisotopic (exact) mass is 419 g/mol. The number of aliphatic hydroxyl groups is 1. The molecule has 2 aromatic heterocycles. The molecule has 4 heterocycles. The fourth-order valence-electron chi connectivity index (χ4n) is 4.11. The molecule has 5 rings (SSSR count). The number of hydrogen-bond acceptors (Lipinski definition) is 8. The smallest absolute Gasteiger partial charge is 0.295 e. The van der Waals surface area contributed by atoms with E-state index in [1.54, 1.807) is 18.2 Å². The van der Waals surface area contributed by atoms with Crippen molar-refractivity contribution in [1.29, 1.82) is 0 Å². The van der Waals surface area contributed by atoms with Gasteiger partial charge in [0.25, 0.3) is 5.56 Å². The zero-order valence-electron chi connectivity index (χ0n) is 15.3. The van der Waals surface area contributed by atoms with E-state index in [9.17, 15) is 9.90 Å². The first-order valence-corrected chi connectivity index (χ1v) is 9.40. The lowest BCUT2D eigenvalue weighted by Crippen LogP contribution is -2.40. The number of benzene rings is 1. The fraction of sp³-hybridized carbons (Fsp3) is 0.368. The number of aliphatic hydroxyl groups excluding tert-OH is 1. The number of rotatable bonds is 3. The minimum atomic E-state index is -0.976. The molecule has 9 nitrogen and oxygen atoms in total. The van der Waals surface area contributed by atoms with Crippen LogP contribution in [0.3, 0.4) is 0 Å². The zero-order valence-corrected chi connectivity index (χ0v) is 16.1. The van der Waals surface area contributed by atoms with Crippen molar-refractivity contribution in [2.24, 2.45) is 0 Å². The van der Waals surface area contributed by atoms with Gasteiger partial charge in [-0.15, -0.1) is 0 Å². The van der Waals surface area contributed by atoms with E-state index in [0.717, 1.165) is 5.56 Å². The number of aromatic nitrogens is 2. The fourth-order valence-corrected chi connectivity index (χ4v) is 4.31. The van der Waals surface area contributed by atoms with Gasteiger partial charge in [0.15, 0.2) is 6.29 Å². The lowest BCUT2D eigenvalue weighted by Gasteiger charge is -2.27. The highest BCUT2D eigenvalue weighted by Crippen LogP contribution is 2.54. The molecular formula is C19H18ClN3O6. The normalized spacial score (nSPS) is 31.4. The Labute approximate surface area is 169 Å². The minimum absolute atomic E-state index is 0.0377. The molecule has 0 aliphatic carbocycles. The number of nitrogens with one attached hydrogen (secondary N) is 1. The highest BCUT2D eigenvalue weighted by atomic mass is 35.5. The van der Waals surface area contributed by atoms with Crippen LogP contribution < -0.4 is 11.3 Å². The lowest BCUT2D eigenvalue weighted by molar-refractivity contribution is -0.157. The lowest BCUT2D eigenvalue weighted by atomic mass is 9.89. The molecule has 0 bridgehead atoms. The van der Waals surface area contributed by atoms with Gasteiger partial charge in [0, 0.05) is 16.1 Å². The van der Waals surface area contributed by atoms with Gasteiger partial charge in [-0.1, -0.05) is 23.7 Å². The van der Waals surface area contributed by atoms with Crippen molar-refractivity contribution in [2.45, 2.75) is 37.1 Å². The van der Waals surface area contributed by atoms with Crippen molar-refractivity contribution < 1.29 is 23.7 Å². The molecule has 2 fully saturated rings. The summed E-state index contributed by atoms with van der Waals surface area (Å²) in [6.45, 7) is 1.56. The molecule has 0 spiro atoms. The Morgan fingerprint density at radius 2 is 2.21 bits per heavy atom. The van der Waals surface area contributed by atoms with Crippen molar-refractivity contribution in [3.63, 3.8) is 0 Å². The number of hydrogen-bond donors (Lipinski definition) is 3. The van der Waals surface area contributed by atoms with Crippen LogP contribution >= 0.6 is 11.6 Å². The summed E-state index contributed by atoms with van der Waals surface area (Å²) >= 11 is 6.10. The van der Waals surface area contributed by atoms with E-state index in [4.69, 9.17) is 36.0 Å². The van der Waals surface area contributed by atoms with E-state index in [2.05, 4.69) is 9.97 Å². The molecule has 0 amide bonds. The molecule has 29 heavy (non-hydrogen) atoms. The average Bonchev–Trinajstić information content (AvgIpc) is 3.31. The van der Waals surface area contributed by atoms with Gasteiger partial charge in [0.2, 0.25) is 11.5 Å². The van der Waals surface area contributed by atoms with Crippen LogP contribution in [0.1, 0.15) is 30.4 Å². The van der Waals surface area contributed by atoms with E-state index >= 15 is 0 Å². The van der Waals surface area contributed by atoms with Gasteiger partial charge in [0.05, 0.1) is 12.9 Å². The molecule has 0 radical (unpaired) electrons. The van der Waals surface area contributed by atoms with E-state index in [1.807, 2.05) is 13.0 Å². The highest BCUT2D eigenvalue weighted by molar-refractivity contribution is 6.30. The Hall–Kier alpha value is -2.43. The number of aromatic amines is 1. The molecule has 2 saturated heterocycles. The molecule has 10 heteroatoms. The Morgan fingerprint density at radius 3 is 2.97 bits per heavy atom. The van der Waals surface area contributed by atoms with Crippen molar-refractivity contribution in [2.75, 3.05) is 12.3 Å². The van der Waals surface area contributed by atoms with Crippen LogP contribution in [0.15, 0.2) is 39.7 Å². The van der Waals surface area contributed by atoms with Crippen LogP contribution in [0, 0.1) is 0 Å². The summed E-state index contributed by atoms with van der Waals surface area (Å²) in [6.07, 6.45) is -1.20. The summed E-state index contributed by atoms with van der Waals surface area (Å²) in [7, 11) is 0. The predicted molar refractivity (Wildman–Crippen MR) is 102 cm³/mol. The number of H-pyrrole nitrogens is 1. The first kappa shape index (κ1) is 18.6. The minimum Gasteiger partial charge on any atom is -0.456 e. The van der Waals surface area contributed by atoms with Gasteiger partial charge in [-0.25, -0.2) is 4.98 Å². The van der Waals surface area contributed by atoms with Gasteiger partial charge in [-0.3, -0.25) is 9.78 Å². The number of furan rings is 1. The second-order valence-corrected chi connectivity index (χ2v) is 7.74. The van der Waals surface area contributed by atoms with E-state index in [1.165, 1.54) is 6.26 Å². The molecule has 2 aliphatic rings. The molecule has 4 N–H and O–H groups in total. The number of ether oxygens (including phenoxy) is 3. The van der Waals surface area contributed by atoms with Gasteiger partial charge in [-0.2, -0.15) is 0 Å². The molecule has 0 saturated carbocycles. The van der Waals surface area contributed by atoms with E-state index in [0.29, 0.717) is 10.6 Å². The largest absolute Gasteiger partial charge is 0.456 e. The quantitative estimate of drug-likeness (QED) is 0.587. The van der Waals surface area contributed by atoms with Crippen molar-refractivity contribution >= 4 is 28.6 Å². The summed E-state index contributed by atoms with van der Waals surface area (Å²) in [6, 6.07) is 7.17. The maximum Gasteiger partial charge on any atom is 0.295 e. The van der Waals surface area contributed by atoms with E-state index < -0.39 is 35.8 Å². The van der Waals surface area contributed by atoms with Crippen LogP contribution in [-0.4, -0.2) is 39.5 Å². The van der Waals surface area contributed by atoms with Gasteiger partial charge >= 0.3 is 0 Å². The summed E-state index contributed by atoms with van der Waals surface area (Å²) in [4.78, 5) is 18.7. The van der Waals surface area contributed by atoms with Crippen LogP contribution in [0.2, 0.25) is 5.02 Å². The molecule has 2 aliphatic heterocycles. The number of halogens is 1. The summed E-state index contributed by atoms with van der Waals surface area (Å²) < 4.78 is 23.9. The van der Waals surface area contributed by atoms with Crippen molar-refractivity contribution in [3.8, 4) is 0 Å². The Balaban J connectivity index is 1.58. The molecule has 5 atom stereocenters. The number of nitrogen functional groups attached to an aromatic ring is 1. The van der Waals surface area contributed by atoms with Crippen molar-refractivity contribution in [3.05, 3.63) is 57.0 Å². The third-order valence-corrected chi connectivity index (χ3v) is 5.66. The zero-order chi connectivity index (χ0) is 20.3. The molecule has 152 valence electrons. The first-order chi connectivity index (χ1) is 13.9. The first-order valence-electron chi connectivity index (χ1n) is 9.02. The Bertz CT molecular complexity index is 1150. The van der Waals surface area contributed by atoms with Gasteiger partial charge < -0.3 is 29.5 Å². The number of nitrogens with two attached hydrogens (primary N) is 1. The number of anilines is 1. The van der Waals surface area contributed by atoms with Crippen LogP contribution in [0.5, 0.6) is 0 Å². The Kier molecular flexibility index (Phi) is 4.19. The summed E-state index contributed by atoms with van der Waals surface area (Å²) in [5, 5.41) is 10.4. The van der Waals surface area contributed by atoms with E-state index in [-0.39, 0.29) is 23.7 Å². The second kappa shape index (κ2) is 6.54. The SMILES string of the molecule is C[C@@]12OC(c3cccc(Cl)c3)O[C@@H]1[C@@H](CO)O[C@H]2c1coc2c(=O)[nH]c(N)nc12. The highest BCUT2D eigenvalue weighted by Gasteiger charge is 2.62. The van der Waals surface area contributed by atoms with Gasteiger partial charge in [-0.05, 0) is 19.1 Å². The maximum atomic E-state index is 12.1. The Morgan fingerprint density at radius 1 is 1.38 bits per heavy atom. The maximum absolute atomic E-state index is 12.1. The average molecular weight is 420 g/mol. The predicted octanol–water partition coefficient (Wildman–Crippen LogP) is 2.06. The molecule has 1 aromatic carbocycles. The number of fused-ring (bicyclic) bond motifs is 2. The summed E-state index contributed by atoms with van der Waals surface area (Å²) in [5.41, 5.74) is 5.80. The third kappa shape index (κ3) is 2.77. The van der Waals surface area contributed by atoms with Crippen molar-refractivity contribution in [1.82, 2.24) is 9.97 Å². The molecule has 3 aromatic rings. The van der Waals surface area contributed by atoms with Gasteiger partial charge in [0.1, 0.15) is 29.4 Å². The second-order valence-electron chi connectivity index (χ2n) is 7.30. The molecule has 1 unspecified atom stereocenters. The molecular weight excluding hydrogens is 402 g/mol. The van der Waals surface area contributed by atoms with Crippen LogP contribution in [0.4, 0.5) is 5.95 Å². The third-order valence-electron chi connectivity index (χ3n) is 5.42. The van der Waals surface area contributed by atoms with Crippen LogP contribution in [-0.2, 0) is 14.2 Å². The topological polar surface area (TPSA) is 133 Å². The standard InChI is InChI=1S/C19H18ClN3O6/c1-19-14(10-7-26-13-12(10)22-18(21)23-16(13)25)27-11(6-24)15(19)28-17(29-19)8-3-2-4-9(20)5-8/h2-5,7,11,14-15,17,24H,6H2,1H3,(H3,21,22,23,25)/t11-,14+,15-,17?,19+/m1/s1.